The summed E-state index contributed by atoms with van der Waals surface area (Å²) in [7, 11) is 0. The first kappa shape index (κ1) is 16.8. The van der Waals surface area contributed by atoms with Crippen molar-refractivity contribution in [1.29, 1.82) is 0 Å². The van der Waals surface area contributed by atoms with Gasteiger partial charge in [0.1, 0.15) is 5.75 Å². The Kier molecular flexibility index (Phi) is 8.02. The summed E-state index contributed by atoms with van der Waals surface area (Å²) in [5.41, 5.74) is 0. The highest BCUT2D eigenvalue weighted by molar-refractivity contribution is 6.30. The third-order valence-corrected chi connectivity index (χ3v) is 2.61. The minimum absolute atomic E-state index is 0.0629. The van der Waals surface area contributed by atoms with Crippen LogP contribution in [0.5, 0.6) is 5.75 Å². The van der Waals surface area contributed by atoms with Crippen molar-refractivity contribution in [2.75, 3.05) is 26.4 Å². The van der Waals surface area contributed by atoms with E-state index in [4.69, 9.17) is 25.8 Å². The Morgan fingerprint density at radius 3 is 2.35 bits per heavy atom. The first-order valence-electron chi connectivity index (χ1n) is 6.54. The van der Waals surface area contributed by atoms with E-state index >= 15 is 0 Å². The number of halogens is 1. The van der Waals surface area contributed by atoms with Crippen LogP contribution in [-0.2, 0) is 14.3 Å². The average Bonchev–Trinajstić information content (AvgIpc) is 2.44. The minimum Gasteiger partial charge on any atom is -0.484 e. The molecule has 1 rings (SSSR count). The highest BCUT2D eigenvalue weighted by Crippen LogP contribution is 2.15. The number of hydrogen-bond donors (Lipinski definition) is 1. The maximum Gasteiger partial charge on any atom is 0.258 e. The number of ether oxygens (including phenoxy) is 3. The molecular formula is C14H20ClNO4. The predicted octanol–water partition coefficient (Wildman–Crippen LogP) is 2.23. The summed E-state index contributed by atoms with van der Waals surface area (Å²) >= 11 is 5.76. The van der Waals surface area contributed by atoms with Gasteiger partial charge in [-0.3, -0.25) is 4.79 Å². The van der Waals surface area contributed by atoms with E-state index in [0.717, 1.165) is 0 Å². The molecule has 1 aromatic rings. The Morgan fingerprint density at radius 1 is 1.20 bits per heavy atom. The summed E-state index contributed by atoms with van der Waals surface area (Å²) in [4.78, 5) is 11.6. The van der Waals surface area contributed by atoms with Crippen LogP contribution in [0.4, 0.5) is 0 Å². The van der Waals surface area contributed by atoms with Crippen LogP contribution in [0.1, 0.15) is 13.8 Å². The van der Waals surface area contributed by atoms with Gasteiger partial charge in [-0.15, -0.1) is 0 Å². The van der Waals surface area contributed by atoms with Gasteiger partial charge in [-0.2, -0.15) is 0 Å². The Labute approximate surface area is 124 Å². The number of nitrogens with one attached hydrogen (secondary N) is 1. The zero-order valence-electron chi connectivity index (χ0n) is 11.7. The van der Waals surface area contributed by atoms with Crippen molar-refractivity contribution < 1.29 is 19.0 Å². The van der Waals surface area contributed by atoms with E-state index in [0.29, 0.717) is 30.5 Å². The zero-order chi connectivity index (χ0) is 14.8. The topological polar surface area (TPSA) is 56.8 Å². The molecule has 0 heterocycles. The second-order valence-corrected chi connectivity index (χ2v) is 4.32. The summed E-state index contributed by atoms with van der Waals surface area (Å²) in [6.45, 7) is 5.04. The molecule has 0 unspecified atom stereocenters. The SMILES string of the molecule is CCOC(CNC(=O)COc1ccc(Cl)cc1)OCC. The van der Waals surface area contributed by atoms with Gasteiger partial charge in [0.25, 0.3) is 5.91 Å². The van der Waals surface area contributed by atoms with Crippen LogP contribution in [0.3, 0.4) is 0 Å². The van der Waals surface area contributed by atoms with E-state index in [1.165, 1.54) is 0 Å². The van der Waals surface area contributed by atoms with E-state index in [-0.39, 0.29) is 12.5 Å². The van der Waals surface area contributed by atoms with E-state index in [9.17, 15) is 4.79 Å². The Hall–Kier alpha value is -1.30. The second kappa shape index (κ2) is 9.58. The average molecular weight is 302 g/mol. The van der Waals surface area contributed by atoms with Crippen LogP contribution >= 0.6 is 11.6 Å². The van der Waals surface area contributed by atoms with Crippen molar-refractivity contribution in [1.82, 2.24) is 5.32 Å². The smallest absolute Gasteiger partial charge is 0.258 e. The Bertz CT molecular complexity index is 391. The molecule has 1 aromatic carbocycles. The molecule has 0 aromatic heterocycles. The van der Waals surface area contributed by atoms with Crippen molar-refractivity contribution >= 4 is 17.5 Å². The fourth-order valence-electron chi connectivity index (χ4n) is 1.47. The quantitative estimate of drug-likeness (QED) is 0.711. The van der Waals surface area contributed by atoms with Crippen LogP contribution in [0.15, 0.2) is 24.3 Å². The molecule has 6 heteroatoms. The predicted molar refractivity (Wildman–Crippen MR) is 77.0 cm³/mol. The molecule has 0 spiro atoms. The molecule has 0 radical (unpaired) electrons. The normalized spacial score (nSPS) is 10.6. The third kappa shape index (κ3) is 6.75. The first-order chi connectivity index (χ1) is 9.65. The maximum atomic E-state index is 11.6. The van der Waals surface area contributed by atoms with Crippen LogP contribution in [0, 0.1) is 0 Å². The molecule has 20 heavy (non-hydrogen) atoms. The molecule has 0 saturated heterocycles. The highest BCUT2D eigenvalue weighted by atomic mass is 35.5. The molecule has 0 bridgehead atoms. The molecule has 0 aliphatic carbocycles. The van der Waals surface area contributed by atoms with Crippen molar-refractivity contribution in [2.24, 2.45) is 0 Å². The number of carbonyl (C=O) groups excluding carboxylic acids is 1. The molecule has 0 fully saturated rings. The van der Waals surface area contributed by atoms with E-state index < -0.39 is 6.29 Å². The van der Waals surface area contributed by atoms with Crippen LogP contribution < -0.4 is 10.1 Å². The number of hydrogen-bond acceptors (Lipinski definition) is 4. The van der Waals surface area contributed by atoms with Gasteiger partial charge in [0.15, 0.2) is 12.9 Å². The van der Waals surface area contributed by atoms with E-state index in [1.54, 1.807) is 24.3 Å². The first-order valence-corrected chi connectivity index (χ1v) is 6.91. The summed E-state index contributed by atoms with van der Waals surface area (Å²) in [6.07, 6.45) is -0.426. The monoisotopic (exact) mass is 301 g/mol. The molecule has 0 atom stereocenters. The summed E-state index contributed by atoms with van der Waals surface area (Å²) in [5, 5.41) is 3.32. The molecule has 0 aliphatic heterocycles. The van der Waals surface area contributed by atoms with Gasteiger partial charge in [-0.1, -0.05) is 11.6 Å². The lowest BCUT2D eigenvalue weighted by Crippen LogP contribution is -2.37. The fourth-order valence-corrected chi connectivity index (χ4v) is 1.59. The van der Waals surface area contributed by atoms with Gasteiger partial charge in [-0.05, 0) is 38.1 Å². The van der Waals surface area contributed by atoms with Gasteiger partial charge in [0.05, 0.1) is 6.54 Å². The molecule has 112 valence electrons. The number of rotatable bonds is 9. The van der Waals surface area contributed by atoms with Gasteiger partial charge < -0.3 is 19.5 Å². The molecule has 0 saturated carbocycles. The summed E-state index contributed by atoms with van der Waals surface area (Å²) in [5.74, 6) is 0.361. The van der Waals surface area contributed by atoms with Crippen molar-refractivity contribution in [2.45, 2.75) is 20.1 Å². The summed E-state index contributed by atoms with van der Waals surface area (Å²) < 4.78 is 16.0. The van der Waals surface area contributed by atoms with E-state index in [1.807, 2.05) is 13.8 Å². The largest absolute Gasteiger partial charge is 0.484 e. The molecular weight excluding hydrogens is 282 g/mol. The summed E-state index contributed by atoms with van der Waals surface area (Å²) in [6, 6.07) is 6.82. The van der Waals surface area contributed by atoms with Gasteiger partial charge in [0, 0.05) is 18.2 Å². The Morgan fingerprint density at radius 2 is 1.80 bits per heavy atom. The van der Waals surface area contributed by atoms with Crippen molar-refractivity contribution in [3.63, 3.8) is 0 Å². The van der Waals surface area contributed by atoms with Gasteiger partial charge >= 0.3 is 0 Å². The molecule has 1 amide bonds. The molecule has 1 N–H and O–H groups in total. The number of benzene rings is 1. The molecule has 5 nitrogen and oxygen atoms in total. The van der Waals surface area contributed by atoms with E-state index in [2.05, 4.69) is 5.32 Å². The van der Waals surface area contributed by atoms with Crippen molar-refractivity contribution in [3.8, 4) is 5.75 Å². The van der Waals surface area contributed by atoms with Crippen LogP contribution in [0.25, 0.3) is 0 Å². The maximum absolute atomic E-state index is 11.6. The highest BCUT2D eigenvalue weighted by Gasteiger charge is 2.10. The Balaban J connectivity index is 2.27. The van der Waals surface area contributed by atoms with Gasteiger partial charge in [0.2, 0.25) is 0 Å². The third-order valence-electron chi connectivity index (χ3n) is 2.35. The lowest BCUT2D eigenvalue weighted by atomic mass is 10.3. The number of carbonyl (C=O) groups is 1. The molecule has 0 aliphatic rings. The fraction of sp³-hybridized carbons (Fsp3) is 0.500. The second-order valence-electron chi connectivity index (χ2n) is 3.89. The van der Waals surface area contributed by atoms with Crippen LogP contribution in [0.2, 0.25) is 5.02 Å². The lowest BCUT2D eigenvalue weighted by Gasteiger charge is -2.17. The van der Waals surface area contributed by atoms with Gasteiger partial charge in [-0.25, -0.2) is 0 Å². The van der Waals surface area contributed by atoms with Crippen LogP contribution in [-0.4, -0.2) is 38.6 Å². The standard InChI is InChI=1S/C14H20ClNO4/c1-3-18-14(19-4-2)9-16-13(17)10-20-12-7-5-11(15)6-8-12/h5-8,14H,3-4,9-10H2,1-2H3,(H,16,17). The van der Waals surface area contributed by atoms with Crippen molar-refractivity contribution in [3.05, 3.63) is 29.3 Å². The minimum atomic E-state index is -0.426. The zero-order valence-corrected chi connectivity index (χ0v) is 12.5. The number of amides is 1. The lowest BCUT2D eigenvalue weighted by molar-refractivity contribution is -0.141.